The highest BCUT2D eigenvalue weighted by atomic mass is 16.6. The quantitative estimate of drug-likeness (QED) is 0.631. The second kappa shape index (κ2) is 6.67. The molecule has 1 aliphatic heterocycles. The summed E-state index contributed by atoms with van der Waals surface area (Å²) in [7, 11) is 1.67. The number of nitro groups is 1. The summed E-state index contributed by atoms with van der Waals surface area (Å²) >= 11 is 0. The zero-order chi connectivity index (χ0) is 15.4. The first-order chi connectivity index (χ1) is 10.0. The number of likely N-dealkylation sites (tertiary alicyclic amines) is 1. The van der Waals surface area contributed by atoms with E-state index in [1.165, 1.54) is 12.1 Å². The van der Waals surface area contributed by atoms with E-state index in [1.807, 2.05) is 4.90 Å². The van der Waals surface area contributed by atoms with Gasteiger partial charge in [0, 0.05) is 37.9 Å². The van der Waals surface area contributed by atoms with Gasteiger partial charge in [-0.2, -0.15) is 0 Å². The Bertz CT molecular complexity index is 542. The second-order valence-corrected chi connectivity index (χ2v) is 5.47. The summed E-state index contributed by atoms with van der Waals surface area (Å²) in [5.41, 5.74) is 1.20. The number of hydrogen-bond acceptors (Lipinski definition) is 4. The van der Waals surface area contributed by atoms with Gasteiger partial charge in [-0.3, -0.25) is 14.9 Å². The van der Waals surface area contributed by atoms with Crippen LogP contribution in [0.15, 0.2) is 18.2 Å². The van der Waals surface area contributed by atoms with Gasteiger partial charge in [0.05, 0.1) is 11.5 Å². The summed E-state index contributed by atoms with van der Waals surface area (Å²) in [6.07, 6.45) is 2.03. The van der Waals surface area contributed by atoms with Crippen molar-refractivity contribution in [1.82, 2.24) is 4.90 Å². The molecule has 1 amide bonds. The smallest absolute Gasteiger partial charge is 0.269 e. The SMILES string of the molecule is COC[C@H]1CCCN(C(=O)c2ccc([N+](=O)[O-])cc2C)C1. The first-order valence-electron chi connectivity index (χ1n) is 7.06. The van der Waals surface area contributed by atoms with Crippen LogP contribution >= 0.6 is 0 Å². The molecule has 1 saturated heterocycles. The first-order valence-corrected chi connectivity index (χ1v) is 7.06. The van der Waals surface area contributed by atoms with E-state index in [4.69, 9.17) is 4.74 Å². The van der Waals surface area contributed by atoms with Crippen LogP contribution in [0.1, 0.15) is 28.8 Å². The number of benzene rings is 1. The van der Waals surface area contributed by atoms with Crippen LogP contribution in [0.3, 0.4) is 0 Å². The average molecular weight is 292 g/mol. The fourth-order valence-corrected chi connectivity index (χ4v) is 2.79. The molecule has 1 aromatic carbocycles. The van der Waals surface area contributed by atoms with Crippen molar-refractivity contribution in [2.45, 2.75) is 19.8 Å². The van der Waals surface area contributed by atoms with Crippen molar-refractivity contribution in [2.75, 3.05) is 26.8 Å². The van der Waals surface area contributed by atoms with Gasteiger partial charge >= 0.3 is 0 Å². The molecule has 0 aliphatic carbocycles. The lowest BCUT2D eigenvalue weighted by Crippen LogP contribution is -2.41. The molecule has 0 bridgehead atoms. The predicted molar refractivity (Wildman–Crippen MR) is 78.3 cm³/mol. The zero-order valence-electron chi connectivity index (χ0n) is 12.4. The Morgan fingerprint density at radius 2 is 2.29 bits per heavy atom. The lowest BCUT2D eigenvalue weighted by molar-refractivity contribution is -0.384. The Kier molecular flexibility index (Phi) is 4.90. The van der Waals surface area contributed by atoms with Crippen LogP contribution in [0.25, 0.3) is 0 Å². The van der Waals surface area contributed by atoms with Crippen LogP contribution in [-0.4, -0.2) is 42.5 Å². The van der Waals surface area contributed by atoms with E-state index in [-0.39, 0.29) is 11.6 Å². The molecule has 0 radical (unpaired) electrons. The van der Waals surface area contributed by atoms with Gasteiger partial charge in [0.25, 0.3) is 11.6 Å². The number of nitro benzene ring substituents is 1. The summed E-state index contributed by atoms with van der Waals surface area (Å²) in [5.74, 6) is 0.314. The molecule has 0 aromatic heterocycles. The molecule has 21 heavy (non-hydrogen) atoms. The first kappa shape index (κ1) is 15.4. The number of rotatable bonds is 4. The third-order valence-corrected chi connectivity index (χ3v) is 3.86. The van der Waals surface area contributed by atoms with Crippen molar-refractivity contribution in [1.29, 1.82) is 0 Å². The van der Waals surface area contributed by atoms with Crippen LogP contribution in [0.5, 0.6) is 0 Å². The number of non-ortho nitro benzene ring substituents is 1. The molecule has 1 aliphatic rings. The highest BCUT2D eigenvalue weighted by Crippen LogP contribution is 2.22. The van der Waals surface area contributed by atoms with Crippen molar-refractivity contribution in [3.63, 3.8) is 0 Å². The number of carbonyl (C=O) groups is 1. The average Bonchev–Trinajstić information content (AvgIpc) is 2.47. The second-order valence-electron chi connectivity index (χ2n) is 5.47. The molecular formula is C15H20N2O4. The van der Waals surface area contributed by atoms with E-state index in [1.54, 1.807) is 20.1 Å². The Morgan fingerprint density at radius 1 is 1.52 bits per heavy atom. The number of piperidine rings is 1. The van der Waals surface area contributed by atoms with Crippen molar-refractivity contribution >= 4 is 11.6 Å². The molecule has 6 nitrogen and oxygen atoms in total. The Labute approximate surface area is 123 Å². The monoisotopic (exact) mass is 292 g/mol. The van der Waals surface area contributed by atoms with Gasteiger partial charge in [0.1, 0.15) is 0 Å². The van der Waals surface area contributed by atoms with E-state index in [0.717, 1.165) is 19.4 Å². The predicted octanol–water partition coefficient (Wildman–Crippen LogP) is 2.40. The summed E-state index contributed by atoms with van der Waals surface area (Å²) < 4.78 is 5.17. The van der Waals surface area contributed by atoms with Gasteiger partial charge < -0.3 is 9.64 Å². The summed E-state index contributed by atoms with van der Waals surface area (Å²) in [6.45, 7) is 3.80. The van der Waals surface area contributed by atoms with Crippen molar-refractivity contribution in [3.8, 4) is 0 Å². The number of aryl methyl sites for hydroxylation is 1. The van der Waals surface area contributed by atoms with Crippen LogP contribution in [0.4, 0.5) is 5.69 Å². The van der Waals surface area contributed by atoms with Gasteiger partial charge in [0.2, 0.25) is 0 Å². The van der Waals surface area contributed by atoms with Crippen LogP contribution < -0.4 is 0 Å². The maximum absolute atomic E-state index is 12.6. The maximum atomic E-state index is 12.6. The Balaban J connectivity index is 2.14. The topological polar surface area (TPSA) is 72.7 Å². The third kappa shape index (κ3) is 3.58. The fraction of sp³-hybridized carbons (Fsp3) is 0.533. The maximum Gasteiger partial charge on any atom is 0.269 e. The molecule has 1 heterocycles. The largest absolute Gasteiger partial charge is 0.384 e. The Morgan fingerprint density at radius 3 is 2.90 bits per heavy atom. The molecule has 1 atom stereocenters. The number of carbonyl (C=O) groups excluding carboxylic acids is 1. The van der Waals surface area contributed by atoms with E-state index in [9.17, 15) is 14.9 Å². The minimum atomic E-state index is -0.448. The standard InChI is InChI=1S/C15H20N2O4/c1-11-8-13(17(19)20)5-6-14(11)15(18)16-7-3-4-12(9-16)10-21-2/h5-6,8,12H,3-4,7,9-10H2,1-2H3/t12-/m0/s1. The third-order valence-electron chi connectivity index (χ3n) is 3.86. The van der Waals surface area contributed by atoms with E-state index < -0.39 is 4.92 Å². The molecule has 1 fully saturated rings. The summed E-state index contributed by atoms with van der Waals surface area (Å²) in [4.78, 5) is 24.7. The van der Waals surface area contributed by atoms with E-state index in [2.05, 4.69) is 0 Å². The number of ether oxygens (including phenoxy) is 1. The van der Waals surface area contributed by atoms with Crippen molar-refractivity contribution in [2.24, 2.45) is 5.92 Å². The summed E-state index contributed by atoms with van der Waals surface area (Å²) in [5, 5.41) is 10.7. The fourth-order valence-electron chi connectivity index (χ4n) is 2.79. The molecule has 1 aromatic rings. The molecule has 114 valence electrons. The van der Waals surface area contributed by atoms with Gasteiger partial charge in [-0.25, -0.2) is 0 Å². The molecule has 0 saturated carbocycles. The molecule has 0 unspecified atom stereocenters. The normalized spacial score (nSPS) is 18.6. The summed E-state index contributed by atoms with van der Waals surface area (Å²) in [6, 6.07) is 4.39. The van der Waals surface area contributed by atoms with E-state index >= 15 is 0 Å². The minimum Gasteiger partial charge on any atom is -0.384 e. The lowest BCUT2D eigenvalue weighted by atomic mass is 9.97. The molecule has 6 heteroatoms. The molecule has 2 rings (SSSR count). The lowest BCUT2D eigenvalue weighted by Gasteiger charge is -2.32. The van der Waals surface area contributed by atoms with Crippen molar-refractivity contribution < 1.29 is 14.5 Å². The van der Waals surface area contributed by atoms with Crippen LogP contribution in [0.2, 0.25) is 0 Å². The Hall–Kier alpha value is -1.95. The van der Waals surface area contributed by atoms with Gasteiger partial charge in [-0.15, -0.1) is 0 Å². The number of methoxy groups -OCH3 is 1. The van der Waals surface area contributed by atoms with E-state index in [0.29, 0.717) is 30.2 Å². The highest BCUT2D eigenvalue weighted by molar-refractivity contribution is 5.96. The van der Waals surface area contributed by atoms with Crippen LogP contribution in [0, 0.1) is 23.0 Å². The number of amides is 1. The van der Waals surface area contributed by atoms with Gasteiger partial charge in [0.15, 0.2) is 0 Å². The molecule has 0 N–H and O–H groups in total. The molecular weight excluding hydrogens is 272 g/mol. The van der Waals surface area contributed by atoms with Gasteiger partial charge in [-0.05, 0) is 37.3 Å². The minimum absolute atomic E-state index is 0.0138. The number of hydrogen-bond donors (Lipinski definition) is 0. The van der Waals surface area contributed by atoms with Crippen LogP contribution in [-0.2, 0) is 4.74 Å². The highest BCUT2D eigenvalue weighted by Gasteiger charge is 2.25. The zero-order valence-corrected chi connectivity index (χ0v) is 12.4. The van der Waals surface area contributed by atoms with Crippen molar-refractivity contribution in [3.05, 3.63) is 39.4 Å². The molecule has 0 spiro atoms. The number of nitrogens with zero attached hydrogens (tertiary/aromatic N) is 2. The van der Waals surface area contributed by atoms with Gasteiger partial charge in [-0.1, -0.05) is 0 Å².